The van der Waals surface area contributed by atoms with E-state index in [0.29, 0.717) is 32.7 Å². The van der Waals surface area contributed by atoms with Gasteiger partial charge in [0, 0.05) is 38.1 Å². The highest BCUT2D eigenvalue weighted by Crippen LogP contribution is 2.52. The number of amides is 2. The van der Waals surface area contributed by atoms with Crippen molar-refractivity contribution in [2.24, 2.45) is 23.7 Å². The van der Waals surface area contributed by atoms with Gasteiger partial charge in [-0.05, 0) is 40.5 Å². The Labute approximate surface area is 203 Å². The Kier molecular flexibility index (Phi) is 5.48. The summed E-state index contributed by atoms with van der Waals surface area (Å²) in [6.45, 7) is 1.96. The second-order valence-electron chi connectivity index (χ2n) is 9.98. The summed E-state index contributed by atoms with van der Waals surface area (Å²) in [6, 6.07) is 16.4. The highest BCUT2D eigenvalue weighted by atomic mass is 16.5. The first-order chi connectivity index (χ1) is 17.0. The Balaban J connectivity index is 1.02. The number of likely N-dealkylation sites (tertiary alicyclic amines) is 1. The number of fused-ring (bicyclic) bond motifs is 4. The molecule has 0 spiro atoms. The summed E-state index contributed by atoms with van der Waals surface area (Å²) in [6.07, 6.45) is -0.431. The number of carbonyl (C=O) groups excluding carboxylic acids is 2. The van der Waals surface area contributed by atoms with Crippen LogP contribution in [0.1, 0.15) is 23.5 Å². The van der Waals surface area contributed by atoms with Gasteiger partial charge in [0.2, 0.25) is 0 Å². The third-order valence-electron chi connectivity index (χ3n) is 8.10. The lowest BCUT2D eigenvalue weighted by Crippen LogP contribution is -2.45. The number of hydrogen-bond donors (Lipinski definition) is 2. The summed E-state index contributed by atoms with van der Waals surface area (Å²) in [7, 11) is 0. The van der Waals surface area contributed by atoms with Crippen molar-refractivity contribution >= 4 is 18.0 Å². The molecule has 6 rings (SSSR count). The molecule has 1 unspecified atom stereocenters. The summed E-state index contributed by atoms with van der Waals surface area (Å²) in [4.78, 5) is 38.4. The number of piperidine rings is 1. The zero-order valence-electron chi connectivity index (χ0n) is 19.3. The number of carboxylic acids is 1. The fraction of sp³-hybridized carbons (Fsp3) is 0.444. The minimum absolute atomic E-state index is 0.00600. The van der Waals surface area contributed by atoms with Gasteiger partial charge in [0.1, 0.15) is 12.7 Å². The van der Waals surface area contributed by atoms with Crippen molar-refractivity contribution in [3.05, 3.63) is 59.7 Å². The van der Waals surface area contributed by atoms with Gasteiger partial charge in [-0.25, -0.2) is 4.79 Å². The number of nitrogens with zero attached hydrogens (tertiary/aromatic N) is 1. The van der Waals surface area contributed by atoms with Gasteiger partial charge in [0.25, 0.3) is 5.91 Å². The van der Waals surface area contributed by atoms with E-state index in [1.54, 1.807) is 4.90 Å². The predicted molar refractivity (Wildman–Crippen MR) is 126 cm³/mol. The molecule has 2 amide bonds. The van der Waals surface area contributed by atoms with Crippen LogP contribution in [0.3, 0.4) is 0 Å². The number of benzene rings is 2. The van der Waals surface area contributed by atoms with Crippen LogP contribution >= 0.6 is 0 Å². The SMILES string of the molecule is O=C(NC[C@@H]1CCO[C@@H]1C(=O)N1C[C@@H]2C(C(=O)O)[C@@H]2C1)OCC1c2ccccc2-c2ccccc21. The third kappa shape index (κ3) is 3.86. The lowest BCUT2D eigenvalue weighted by molar-refractivity contribution is -0.145. The van der Waals surface area contributed by atoms with Crippen LogP contribution in [-0.2, 0) is 19.1 Å². The lowest BCUT2D eigenvalue weighted by atomic mass is 9.98. The van der Waals surface area contributed by atoms with Crippen molar-refractivity contribution in [2.45, 2.75) is 18.4 Å². The standard InChI is InChI=1S/C27H28N2O6/c30-25(29-12-20-21(13-29)23(20)26(31)32)24-15(9-10-34-24)11-28-27(33)35-14-22-18-7-3-1-5-16(18)17-6-2-4-8-19(17)22/h1-8,15,20-24H,9-14H2,(H,28,33)(H,31,32)/t15-,20-,21+,23?,24-/m0/s1. The van der Waals surface area contributed by atoms with Crippen LogP contribution in [0.2, 0.25) is 0 Å². The van der Waals surface area contributed by atoms with E-state index in [4.69, 9.17) is 9.47 Å². The van der Waals surface area contributed by atoms with Gasteiger partial charge in [-0.15, -0.1) is 0 Å². The van der Waals surface area contributed by atoms with E-state index in [1.165, 1.54) is 11.1 Å². The van der Waals surface area contributed by atoms with Crippen molar-refractivity contribution in [1.29, 1.82) is 0 Å². The molecule has 0 aromatic heterocycles. The van der Waals surface area contributed by atoms with E-state index >= 15 is 0 Å². The van der Waals surface area contributed by atoms with Gasteiger partial charge in [0.15, 0.2) is 0 Å². The van der Waals surface area contributed by atoms with Crippen LogP contribution in [0.25, 0.3) is 11.1 Å². The van der Waals surface area contributed by atoms with Crippen LogP contribution in [0.5, 0.6) is 0 Å². The number of carbonyl (C=O) groups is 3. The number of aliphatic carboxylic acids is 1. The highest BCUT2D eigenvalue weighted by Gasteiger charge is 2.61. The van der Waals surface area contributed by atoms with Gasteiger partial charge in [-0.2, -0.15) is 0 Å². The minimum atomic E-state index is -0.769. The number of carboxylic acid groups (broad SMARTS) is 1. The average Bonchev–Trinajstić information content (AvgIpc) is 3.22. The van der Waals surface area contributed by atoms with E-state index in [-0.39, 0.29) is 42.1 Å². The van der Waals surface area contributed by atoms with E-state index in [0.717, 1.165) is 11.1 Å². The molecular formula is C27H28N2O6. The summed E-state index contributed by atoms with van der Waals surface area (Å²) in [5.41, 5.74) is 4.67. The predicted octanol–water partition coefficient (Wildman–Crippen LogP) is 2.72. The number of hydrogen-bond acceptors (Lipinski definition) is 5. The summed E-state index contributed by atoms with van der Waals surface area (Å²) in [5.74, 6) is -1.18. The number of nitrogens with one attached hydrogen (secondary N) is 1. The zero-order valence-corrected chi connectivity index (χ0v) is 19.3. The first-order valence-electron chi connectivity index (χ1n) is 12.2. The molecule has 4 aliphatic rings. The molecule has 2 heterocycles. The van der Waals surface area contributed by atoms with Crippen molar-refractivity contribution in [2.75, 3.05) is 32.8 Å². The van der Waals surface area contributed by atoms with Gasteiger partial charge >= 0.3 is 12.1 Å². The Hall–Kier alpha value is -3.39. The molecule has 2 aliphatic heterocycles. The molecule has 3 fully saturated rings. The first kappa shape index (κ1) is 22.1. The molecule has 2 aromatic carbocycles. The topological polar surface area (TPSA) is 105 Å². The van der Waals surface area contributed by atoms with Crippen LogP contribution in [0.4, 0.5) is 4.79 Å². The highest BCUT2D eigenvalue weighted by molar-refractivity contribution is 5.83. The van der Waals surface area contributed by atoms with Crippen LogP contribution in [0.15, 0.2) is 48.5 Å². The summed E-state index contributed by atoms with van der Waals surface area (Å²) >= 11 is 0. The molecule has 2 N–H and O–H groups in total. The second kappa shape index (κ2) is 8.68. The van der Waals surface area contributed by atoms with Gasteiger partial charge in [-0.3, -0.25) is 9.59 Å². The largest absolute Gasteiger partial charge is 0.481 e. The molecule has 8 heteroatoms. The molecule has 8 nitrogen and oxygen atoms in total. The molecule has 2 aliphatic carbocycles. The van der Waals surface area contributed by atoms with Gasteiger partial charge < -0.3 is 24.8 Å². The van der Waals surface area contributed by atoms with E-state index < -0.39 is 18.2 Å². The Morgan fingerprint density at radius 2 is 1.63 bits per heavy atom. The normalized spacial score (nSPS) is 28.2. The third-order valence-corrected chi connectivity index (χ3v) is 8.10. The number of alkyl carbamates (subject to hydrolysis) is 1. The van der Waals surface area contributed by atoms with Crippen molar-refractivity contribution in [1.82, 2.24) is 10.2 Å². The smallest absolute Gasteiger partial charge is 0.407 e. The fourth-order valence-electron chi connectivity index (χ4n) is 6.23. The maximum Gasteiger partial charge on any atom is 0.407 e. The first-order valence-corrected chi connectivity index (χ1v) is 12.2. The summed E-state index contributed by atoms with van der Waals surface area (Å²) in [5, 5.41) is 12.0. The van der Waals surface area contributed by atoms with Crippen molar-refractivity contribution in [3.63, 3.8) is 0 Å². The van der Waals surface area contributed by atoms with Crippen molar-refractivity contribution in [3.8, 4) is 11.1 Å². The van der Waals surface area contributed by atoms with E-state index in [1.807, 2.05) is 24.3 Å². The molecule has 0 radical (unpaired) electrons. The maximum absolute atomic E-state index is 13.0. The zero-order chi connectivity index (χ0) is 24.1. The lowest BCUT2D eigenvalue weighted by Gasteiger charge is -2.25. The molecule has 2 saturated heterocycles. The van der Waals surface area contributed by atoms with Gasteiger partial charge in [-0.1, -0.05) is 48.5 Å². The molecule has 182 valence electrons. The molecule has 5 atom stereocenters. The Morgan fingerprint density at radius 3 is 2.26 bits per heavy atom. The van der Waals surface area contributed by atoms with Crippen LogP contribution < -0.4 is 5.32 Å². The maximum atomic E-state index is 13.0. The monoisotopic (exact) mass is 476 g/mol. The molecule has 2 aromatic rings. The molecular weight excluding hydrogens is 448 g/mol. The minimum Gasteiger partial charge on any atom is -0.481 e. The number of ether oxygens (including phenoxy) is 2. The van der Waals surface area contributed by atoms with Crippen LogP contribution in [0, 0.1) is 23.7 Å². The molecule has 35 heavy (non-hydrogen) atoms. The van der Waals surface area contributed by atoms with Crippen LogP contribution in [-0.4, -0.2) is 66.9 Å². The summed E-state index contributed by atoms with van der Waals surface area (Å²) < 4.78 is 11.3. The van der Waals surface area contributed by atoms with Gasteiger partial charge in [0.05, 0.1) is 5.92 Å². The van der Waals surface area contributed by atoms with E-state index in [2.05, 4.69) is 29.6 Å². The van der Waals surface area contributed by atoms with E-state index in [9.17, 15) is 19.5 Å². The average molecular weight is 477 g/mol. The second-order valence-corrected chi connectivity index (χ2v) is 9.98. The Bertz CT molecular complexity index is 1120. The number of rotatable bonds is 6. The molecule has 0 bridgehead atoms. The fourth-order valence-corrected chi connectivity index (χ4v) is 6.23. The van der Waals surface area contributed by atoms with Crippen molar-refractivity contribution < 1.29 is 29.0 Å². The Morgan fingerprint density at radius 1 is 1.00 bits per heavy atom. The molecule has 1 saturated carbocycles. The quantitative estimate of drug-likeness (QED) is 0.664.